The van der Waals surface area contributed by atoms with Crippen LogP contribution in [0.4, 0.5) is 0 Å². The van der Waals surface area contributed by atoms with Crippen LogP contribution in [0.2, 0.25) is 0 Å². The highest BCUT2D eigenvalue weighted by Crippen LogP contribution is 2.26. The Morgan fingerprint density at radius 3 is 2.08 bits per heavy atom. The lowest BCUT2D eigenvalue weighted by Crippen LogP contribution is -2.12. The summed E-state index contributed by atoms with van der Waals surface area (Å²) in [6.45, 7) is 2.28. The van der Waals surface area contributed by atoms with Crippen LogP contribution in [0.5, 0.6) is 0 Å². The fourth-order valence-corrected chi connectivity index (χ4v) is 3.53. The predicted octanol–water partition coefficient (Wildman–Crippen LogP) is 4.20. The minimum absolute atomic E-state index is 0.611. The summed E-state index contributed by atoms with van der Waals surface area (Å²) in [7, 11) is 0. The maximum absolute atomic E-state index is 3.54. The quantitative estimate of drug-likeness (QED) is 0.732. The van der Waals surface area contributed by atoms with E-state index in [9.17, 15) is 0 Å². The molecule has 72 valence electrons. The van der Waals surface area contributed by atoms with Crippen LogP contribution < -0.4 is 0 Å². The molecule has 0 radical (unpaired) electrons. The average molecular weight is 306 g/mol. The van der Waals surface area contributed by atoms with Crippen molar-refractivity contribution in [3.05, 3.63) is 35.9 Å². The SMILES string of the molecule is CC(c1ccccc1)C(CBr)CBr. The van der Waals surface area contributed by atoms with Gasteiger partial charge in [-0.3, -0.25) is 0 Å². The third-order valence-corrected chi connectivity index (χ3v) is 4.09. The van der Waals surface area contributed by atoms with E-state index in [1.165, 1.54) is 5.56 Å². The van der Waals surface area contributed by atoms with E-state index >= 15 is 0 Å². The normalized spacial score (nSPS) is 13.2. The molecule has 0 aliphatic heterocycles. The van der Waals surface area contributed by atoms with Crippen molar-refractivity contribution in [2.24, 2.45) is 5.92 Å². The molecule has 0 N–H and O–H groups in total. The molecule has 1 aromatic carbocycles. The zero-order valence-corrected chi connectivity index (χ0v) is 10.9. The van der Waals surface area contributed by atoms with Crippen LogP contribution >= 0.6 is 31.9 Å². The van der Waals surface area contributed by atoms with Crippen LogP contribution in [-0.4, -0.2) is 10.7 Å². The highest BCUT2D eigenvalue weighted by molar-refractivity contribution is 9.09. The first-order chi connectivity index (χ1) is 6.29. The van der Waals surface area contributed by atoms with E-state index in [-0.39, 0.29) is 0 Å². The van der Waals surface area contributed by atoms with Crippen molar-refractivity contribution >= 4 is 31.9 Å². The van der Waals surface area contributed by atoms with Crippen molar-refractivity contribution in [1.82, 2.24) is 0 Å². The molecule has 0 aliphatic carbocycles. The van der Waals surface area contributed by atoms with Gasteiger partial charge in [-0.05, 0) is 17.4 Å². The van der Waals surface area contributed by atoms with Crippen LogP contribution in [0, 0.1) is 5.92 Å². The zero-order valence-electron chi connectivity index (χ0n) is 7.71. The molecule has 13 heavy (non-hydrogen) atoms. The van der Waals surface area contributed by atoms with Crippen LogP contribution in [0.25, 0.3) is 0 Å². The molecule has 1 unspecified atom stereocenters. The van der Waals surface area contributed by atoms with E-state index in [1.54, 1.807) is 0 Å². The fourth-order valence-electron chi connectivity index (χ4n) is 1.34. The van der Waals surface area contributed by atoms with Crippen molar-refractivity contribution in [1.29, 1.82) is 0 Å². The minimum Gasteiger partial charge on any atom is -0.0925 e. The van der Waals surface area contributed by atoms with Gasteiger partial charge in [0.15, 0.2) is 0 Å². The van der Waals surface area contributed by atoms with Crippen molar-refractivity contribution in [3.8, 4) is 0 Å². The molecule has 0 bridgehead atoms. The number of halogens is 2. The summed E-state index contributed by atoms with van der Waals surface area (Å²) < 4.78 is 0. The van der Waals surface area contributed by atoms with Gasteiger partial charge in [-0.2, -0.15) is 0 Å². The molecule has 0 aliphatic rings. The van der Waals surface area contributed by atoms with Crippen molar-refractivity contribution < 1.29 is 0 Å². The first kappa shape index (κ1) is 11.3. The van der Waals surface area contributed by atoms with E-state index in [1.807, 2.05) is 0 Å². The van der Waals surface area contributed by atoms with Crippen LogP contribution in [0.1, 0.15) is 18.4 Å². The van der Waals surface area contributed by atoms with Gasteiger partial charge in [-0.15, -0.1) is 0 Å². The van der Waals surface area contributed by atoms with Gasteiger partial charge in [0.05, 0.1) is 0 Å². The first-order valence-corrected chi connectivity index (χ1v) is 6.70. The molecular formula is C11H14Br2. The van der Waals surface area contributed by atoms with Gasteiger partial charge in [0.1, 0.15) is 0 Å². The van der Waals surface area contributed by atoms with Gasteiger partial charge in [0.2, 0.25) is 0 Å². The van der Waals surface area contributed by atoms with Crippen molar-refractivity contribution in [2.75, 3.05) is 10.7 Å². The van der Waals surface area contributed by atoms with E-state index in [0.29, 0.717) is 11.8 Å². The number of benzene rings is 1. The summed E-state index contributed by atoms with van der Waals surface area (Å²) in [5.74, 6) is 1.28. The Balaban J connectivity index is 2.72. The molecule has 1 rings (SSSR count). The number of rotatable bonds is 4. The Labute approximate surface area is 97.0 Å². The predicted molar refractivity (Wildman–Crippen MR) is 65.9 cm³/mol. The van der Waals surface area contributed by atoms with Crippen LogP contribution in [0.3, 0.4) is 0 Å². The Morgan fingerprint density at radius 2 is 1.62 bits per heavy atom. The molecule has 0 saturated heterocycles. The molecule has 0 spiro atoms. The summed E-state index contributed by atoms with van der Waals surface area (Å²) in [5.41, 5.74) is 1.42. The van der Waals surface area contributed by atoms with Gasteiger partial charge in [0, 0.05) is 10.7 Å². The Hall–Kier alpha value is 0.180. The van der Waals surface area contributed by atoms with Crippen molar-refractivity contribution in [2.45, 2.75) is 12.8 Å². The average Bonchev–Trinajstić information content (AvgIpc) is 2.21. The van der Waals surface area contributed by atoms with Gasteiger partial charge in [-0.25, -0.2) is 0 Å². The van der Waals surface area contributed by atoms with Crippen molar-refractivity contribution in [3.63, 3.8) is 0 Å². The van der Waals surface area contributed by atoms with E-state index < -0.39 is 0 Å². The minimum atomic E-state index is 0.611. The smallest absolute Gasteiger partial charge is 0.00734 e. The summed E-state index contributed by atoms with van der Waals surface area (Å²) in [5, 5.41) is 2.10. The lowest BCUT2D eigenvalue weighted by molar-refractivity contribution is 0.559. The Morgan fingerprint density at radius 1 is 1.08 bits per heavy atom. The van der Waals surface area contributed by atoms with E-state index in [2.05, 4.69) is 69.1 Å². The third kappa shape index (κ3) is 3.10. The summed E-state index contributed by atoms with van der Waals surface area (Å²) in [6.07, 6.45) is 0. The lowest BCUT2D eigenvalue weighted by Gasteiger charge is -2.19. The fraction of sp³-hybridized carbons (Fsp3) is 0.455. The van der Waals surface area contributed by atoms with Crippen LogP contribution in [0.15, 0.2) is 30.3 Å². The maximum Gasteiger partial charge on any atom is 0.00734 e. The number of hydrogen-bond donors (Lipinski definition) is 0. The Kier molecular flexibility index (Phi) is 5.04. The highest BCUT2D eigenvalue weighted by Gasteiger charge is 2.15. The maximum atomic E-state index is 3.54. The Bertz CT molecular complexity index is 229. The van der Waals surface area contributed by atoms with E-state index in [4.69, 9.17) is 0 Å². The molecule has 2 heteroatoms. The van der Waals surface area contributed by atoms with Gasteiger partial charge in [-0.1, -0.05) is 69.1 Å². The zero-order chi connectivity index (χ0) is 9.68. The molecule has 0 heterocycles. The summed E-state index contributed by atoms with van der Waals surface area (Å²) in [6, 6.07) is 10.7. The number of alkyl halides is 2. The van der Waals surface area contributed by atoms with E-state index in [0.717, 1.165) is 10.7 Å². The molecule has 0 nitrogen and oxygen atoms in total. The standard InChI is InChI=1S/C11H14Br2/c1-9(11(7-12)8-13)10-5-3-2-4-6-10/h2-6,9,11H,7-8H2,1H3. The van der Waals surface area contributed by atoms with Gasteiger partial charge < -0.3 is 0 Å². The molecule has 0 fully saturated rings. The summed E-state index contributed by atoms with van der Waals surface area (Å²) in [4.78, 5) is 0. The molecule has 1 aromatic rings. The molecule has 0 amide bonds. The third-order valence-electron chi connectivity index (χ3n) is 2.43. The molecule has 0 aromatic heterocycles. The van der Waals surface area contributed by atoms with Gasteiger partial charge >= 0.3 is 0 Å². The monoisotopic (exact) mass is 304 g/mol. The molecular weight excluding hydrogens is 292 g/mol. The topological polar surface area (TPSA) is 0 Å². The van der Waals surface area contributed by atoms with Crippen LogP contribution in [-0.2, 0) is 0 Å². The highest BCUT2D eigenvalue weighted by atomic mass is 79.9. The molecule has 0 saturated carbocycles. The second-order valence-corrected chi connectivity index (χ2v) is 4.56. The summed E-state index contributed by atoms with van der Waals surface area (Å²) >= 11 is 7.09. The second kappa shape index (κ2) is 5.82. The largest absolute Gasteiger partial charge is 0.0925 e. The number of hydrogen-bond acceptors (Lipinski definition) is 0. The first-order valence-electron chi connectivity index (χ1n) is 4.46. The van der Waals surface area contributed by atoms with Gasteiger partial charge in [0.25, 0.3) is 0 Å². The lowest BCUT2D eigenvalue weighted by atomic mass is 9.90. The second-order valence-electron chi connectivity index (χ2n) is 3.27. The molecule has 1 atom stereocenters.